The average Bonchev–Trinajstić information content (AvgIpc) is 3.23. The Bertz CT molecular complexity index is 581. The van der Waals surface area contributed by atoms with Crippen LogP contribution in [-0.2, 0) is 17.1 Å². The number of aryl methyl sites for hydroxylation is 2. The molecule has 7 heteroatoms. The van der Waals surface area contributed by atoms with Crippen molar-refractivity contribution in [3.05, 3.63) is 12.0 Å². The summed E-state index contributed by atoms with van der Waals surface area (Å²) in [5, 5.41) is 3.53. The van der Waals surface area contributed by atoms with E-state index >= 15 is 0 Å². The van der Waals surface area contributed by atoms with Crippen LogP contribution in [0.3, 0.4) is 0 Å². The quantitative estimate of drug-likeness (QED) is 0.876. The molecule has 3 rings (SSSR count). The smallest absolute Gasteiger partial charge is 0.262 e. The minimum atomic E-state index is -3.46. The predicted molar refractivity (Wildman–Crippen MR) is 80.5 cm³/mol. The van der Waals surface area contributed by atoms with Gasteiger partial charge in [-0.05, 0) is 51.6 Å². The molecule has 0 amide bonds. The van der Waals surface area contributed by atoms with Crippen molar-refractivity contribution in [2.75, 3.05) is 19.6 Å². The van der Waals surface area contributed by atoms with Crippen LogP contribution in [0.5, 0.6) is 0 Å². The van der Waals surface area contributed by atoms with Crippen molar-refractivity contribution in [2.24, 2.45) is 13.0 Å². The van der Waals surface area contributed by atoms with Crippen LogP contribution in [0.2, 0.25) is 0 Å². The Morgan fingerprint density at radius 2 is 2.00 bits per heavy atom. The SMILES string of the molecule is Cc1nc(S(=O)(=O)N(CC2CCNCC2)C2CC2)cn1C. The van der Waals surface area contributed by atoms with Gasteiger partial charge in [-0.25, -0.2) is 13.4 Å². The molecule has 0 spiro atoms. The Kier molecular flexibility index (Phi) is 4.07. The number of piperidine rings is 1. The number of imidazole rings is 1. The van der Waals surface area contributed by atoms with Gasteiger partial charge in [-0.3, -0.25) is 0 Å². The van der Waals surface area contributed by atoms with Crippen LogP contribution < -0.4 is 5.32 Å². The molecule has 1 aliphatic carbocycles. The third-order valence-corrected chi connectivity index (χ3v) is 6.30. The van der Waals surface area contributed by atoms with Gasteiger partial charge in [-0.1, -0.05) is 0 Å². The minimum Gasteiger partial charge on any atom is -0.337 e. The van der Waals surface area contributed by atoms with E-state index in [0.717, 1.165) is 44.6 Å². The average molecular weight is 312 g/mol. The van der Waals surface area contributed by atoms with Gasteiger partial charge >= 0.3 is 0 Å². The van der Waals surface area contributed by atoms with E-state index in [1.54, 1.807) is 15.1 Å². The topological polar surface area (TPSA) is 67.2 Å². The lowest BCUT2D eigenvalue weighted by molar-refractivity contribution is 0.283. The zero-order valence-electron chi connectivity index (χ0n) is 12.7. The van der Waals surface area contributed by atoms with E-state index in [0.29, 0.717) is 12.5 Å². The molecule has 0 unspecified atom stereocenters. The van der Waals surface area contributed by atoms with Crippen molar-refractivity contribution in [2.45, 2.75) is 43.7 Å². The highest BCUT2D eigenvalue weighted by atomic mass is 32.2. The molecular weight excluding hydrogens is 288 g/mol. The maximum atomic E-state index is 12.9. The lowest BCUT2D eigenvalue weighted by atomic mass is 9.98. The first-order chi connectivity index (χ1) is 9.98. The van der Waals surface area contributed by atoms with Crippen molar-refractivity contribution in [3.63, 3.8) is 0 Å². The van der Waals surface area contributed by atoms with Crippen LogP contribution in [0, 0.1) is 12.8 Å². The number of nitrogens with zero attached hydrogens (tertiary/aromatic N) is 3. The molecule has 1 saturated carbocycles. The van der Waals surface area contributed by atoms with Gasteiger partial charge in [0.15, 0.2) is 5.03 Å². The highest BCUT2D eigenvalue weighted by molar-refractivity contribution is 7.89. The Hall–Kier alpha value is -0.920. The number of rotatable bonds is 5. The molecular formula is C14H24N4O2S. The summed E-state index contributed by atoms with van der Waals surface area (Å²) in [5.41, 5.74) is 0. The molecule has 0 radical (unpaired) electrons. The summed E-state index contributed by atoms with van der Waals surface area (Å²) >= 11 is 0. The highest BCUT2D eigenvalue weighted by Gasteiger charge is 2.40. The van der Waals surface area contributed by atoms with Gasteiger partial charge in [0.25, 0.3) is 10.0 Å². The fourth-order valence-electron chi connectivity index (χ4n) is 2.90. The third kappa shape index (κ3) is 3.14. The van der Waals surface area contributed by atoms with Gasteiger partial charge in [0.2, 0.25) is 0 Å². The van der Waals surface area contributed by atoms with Crippen LogP contribution in [0.15, 0.2) is 11.2 Å². The van der Waals surface area contributed by atoms with Crippen molar-refractivity contribution >= 4 is 10.0 Å². The van der Waals surface area contributed by atoms with E-state index in [4.69, 9.17) is 0 Å². The summed E-state index contributed by atoms with van der Waals surface area (Å²) in [5.74, 6) is 1.19. The molecule has 1 aromatic heterocycles. The molecule has 2 heterocycles. The molecule has 0 bridgehead atoms. The largest absolute Gasteiger partial charge is 0.337 e. The summed E-state index contributed by atoms with van der Waals surface area (Å²) in [4.78, 5) is 4.23. The molecule has 2 aliphatic rings. The van der Waals surface area contributed by atoms with E-state index < -0.39 is 10.0 Å². The first kappa shape index (κ1) is 15.0. The van der Waals surface area contributed by atoms with E-state index in [-0.39, 0.29) is 11.1 Å². The minimum absolute atomic E-state index is 0.187. The lowest BCUT2D eigenvalue weighted by Gasteiger charge is -2.29. The first-order valence-corrected chi connectivity index (χ1v) is 9.15. The molecule has 0 aromatic carbocycles. The fourth-order valence-corrected chi connectivity index (χ4v) is 4.68. The summed E-state index contributed by atoms with van der Waals surface area (Å²) in [7, 11) is -1.63. The zero-order chi connectivity index (χ0) is 15.0. The number of nitrogens with one attached hydrogen (secondary N) is 1. The first-order valence-electron chi connectivity index (χ1n) is 7.71. The van der Waals surface area contributed by atoms with E-state index in [1.165, 1.54) is 0 Å². The van der Waals surface area contributed by atoms with Crippen molar-refractivity contribution < 1.29 is 8.42 Å². The summed E-state index contributed by atoms with van der Waals surface area (Å²) in [6, 6.07) is 0.187. The normalized spacial score (nSPS) is 21.1. The van der Waals surface area contributed by atoms with Crippen LogP contribution in [-0.4, -0.2) is 48.0 Å². The van der Waals surface area contributed by atoms with Crippen molar-refractivity contribution in [3.8, 4) is 0 Å². The molecule has 1 N–H and O–H groups in total. The monoisotopic (exact) mass is 312 g/mol. The third-order valence-electron chi connectivity index (χ3n) is 4.51. The Morgan fingerprint density at radius 3 is 2.52 bits per heavy atom. The molecule has 118 valence electrons. The van der Waals surface area contributed by atoms with Crippen LogP contribution in [0.1, 0.15) is 31.5 Å². The molecule has 1 aromatic rings. The molecule has 1 saturated heterocycles. The lowest BCUT2D eigenvalue weighted by Crippen LogP contribution is -2.40. The van der Waals surface area contributed by atoms with Gasteiger partial charge in [-0.2, -0.15) is 4.31 Å². The number of hydrogen-bond acceptors (Lipinski definition) is 4. The zero-order valence-corrected chi connectivity index (χ0v) is 13.6. The van der Waals surface area contributed by atoms with Gasteiger partial charge in [0.05, 0.1) is 0 Å². The summed E-state index contributed by atoms with van der Waals surface area (Å²) < 4.78 is 29.3. The standard InChI is InChI=1S/C14H24N4O2S/c1-11-16-14(10-17(11)2)21(19,20)18(13-3-4-13)9-12-5-7-15-8-6-12/h10,12-13,15H,3-9H2,1-2H3. The second-order valence-corrected chi connectivity index (χ2v) is 8.07. The highest BCUT2D eigenvalue weighted by Crippen LogP contribution is 2.33. The van der Waals surface area contributed by atoms with Gasteiger partial charge in [0, 0.05) is 25.8 Å². The molecule has 6 nitrogen and oxygen atoms in total. The van der Waals surface area contributed by atoms with E-state index in [9.17, 15) is 8.42 Å². The van der Waals surface area contributed by atoms with Crippen LogP contribution in [0.25, 0.3) is 0 Å². The molecule has 2 fully saturated rings. The predicted octanol–water partition coefficient (Wildman–Crippen LogP) is 0.881. The van der Waals surface area contributed by atoms with E-state index in [2.05, 4.69) is 10.3 Å². The maximum absolute atomic E-state index is 12.9. The molecule has 1 aliphatic heterocycles. The van der Waals surface area contributed by atoms with Crippen LogP contribution in [0.4, 0.5) is 0 Å². The molecule has 0 atom stereocenters. The summed E-state index contributed by atoms with van der Waals surface area (Å²) in [6.07, 6.45) is 5.70. The second kappa shape index (κ2) is 5.70. The molecule has 21 heavy (non-hydrogen) atoms. The second-order valence-electron chi connectivity index (χ2n) is 6.24. The van der Waals surface area contributed by atoms with Gasteiger partial charge < -0.3 is 9.88 Å². The fraction of sp³-hybridized carbons (Fsp3) is 0.786. The maximum Gasteiger partial charge on any atom is 0.262 e. The van der Waals surface area contributed by atoms with Gasteiger partial charge in [0.1, 0.15) is 5.82 Å². The summed E-state index contributed by atoms with van der Waals surface area (Å²) in [6.45, 7) is 4.45. The van der Waals surface area contributed by atoms with E-state index in [1.807, 2.05) is 14.0 Å². The number of hydrogen-bond donors (Lipinski definition) is 1. The Labute approximate surface area is 126 Å². The van der Waals surface area contributed by atoms with Gasteiger partial charge in [-0.15, -0.1) is 0 Å². The Balaban J connectivity index is 1.82. The van der Waals surface area contributed by atoms with Crippen LogP contribution >= 0.6 is 0 Å². The number of aromatic nitrogens is 2. The Morgan fingerprint density at radius 1 is 1.33 bits per heavy atom. The number of sulfonamides is 1. The van der Waals surface area contributed by atoms with Crippen molar-refractivity contribution in [1.29, 1.82) is 0 Å². The van der Waals surface area contributed by atoms with Crippen molar-refractivity contribution in [1.82, 2.24) is 19.2 Å².